The van der Waals surface area contributed by atoms with Crippen LogP contribution in [0.4, 0.5) is 0 Å². The molecule has 0 spiro atoms. The van der Waals surface area contributed by atoms with Crippen molar-refractivity contribution in [2.75, 3.05) is 19.8 Å². The zero-order valence-corrected chi connectivity index (χ0v) is 22.4. The minimum absolute atomic E-state index is 0.105. The van der Waals surface area contributed by atoms with E-state index in [1.165, 1.54) is 20.9 Å². The Bertz CT molecular complexity index is 971. The minimum atomic E-state index is 0.105. The standard InChI is InChI=1S/C29H38N2O3Se/c1-2-33-28-24(14-10-5-3-4-6-11-17-32)27-25-18-30-16-15-23(25)26(28)29-31(27)21(19-34-29)20-35-22-12-8-7-9-13-22/h3,5,7-9,12-13,15-16,18,21,24,26-29,32H,2,4,6,10-11,14,17,19-20H2,1H3/b5-3-/t21-,24+,26+,27+,28+,29-/m0/s1. The van der Waals surface area contributed by atoms with E-state index in [9.17, 15) is 0 Å². The van der Waals surface area contributed by atoms with Crippen LogP contribution in [0.3, 0.4) is 0 Å². The van der Waals surface area contributed by atoms with Gasteiger partial charge in [0, 0.05) is 6.61 Å². The molecule has 1 aliphatic carbocycles. The van der Waals surface area contributed by atoms with Crippen LogP contribution in [0.2, 0.25) is 5.32 Å². The van der Waals surface area contributed by atoms with Crippen molar-refractivity contribution < 1.29 is 14.6 Å². The molecule has 0 unspecified atom stereocenters. The molecule has 5 nitrogen and oxygen atoms in total. The molecule has 35 heavy (non-hydrogen) atoms. The molecule has 0 amide bonds. The normalized spacial score (nSPS) is 29.5. The van der Waals surface area contributed by atoms with Crippen molar-refractivity contribution in [1.82, 2.24) is 9.88 Å². The number of unbranched alkanes of at least 4 members (excludes halogenated alkanes) is 2. The van der Waals surface area contributed by atoms with Crippen LogP contribution in [0.25, 0.3) is 0 Å². The SMILES string of the molecule is CCO[C@@H]1[C@H](CC/C=C\CCCCO)[C@@H]2c3cnccc3[C@H]1[C@@H]1OC[C@@H](C[Se]c3ccccc3)N12. The number of aliphatic hydroxyl groups excluding tert-OH is 1. The van der Waals surface area contributed by atoms with E-state index < -0.39 is 0 Å². The monoisotopic (exact) mass is 542 g/mol. The van der Waals surface area contributed by atoms with Crippen molar-refractivity contribution in [2.45, 2.75) is 74.7 Å². The van der Waals surface area contributed by atoms with Gasteiger partial charge in [0.2, 0.25) is 0 Å². The van der Waals surface area contributed by atoms with Crippen molar-refractivity contribution in [3.05, 3.63) is 72.1 Å². The first-order valence-electron chi connectivity index (χ1n) is 13.2. The van der Waals surface area contributed by atoms with Crippen LogP contribution in [-0.4, -0.2) is 68.1 Å². The van der Waals surface area contributed by atoms with Crippen molar-refractivity contribution >= 4 is 19.4 Å². The first-order chi connectivity index (χ1) is 17.3. The van der Waals surface area contributed by atoms with Gasteiger partial charge in [-0.25, -0.2) is 0 Å². The van der Waals surface area contributed by atoms with Gasteiger partial charge in [0.25, 0.3) is 0 Å². The first-order valence-corrected chi connectivity index (χ1v) is 15.3. The maximum atomic E-state index is 9.00. The average molecular weight is 542 g/mol. The topological polar surface area (TPSA) is 54.8 Å². The van der Waals surface area contributed by atoms with Crippen molar-refractivity contribution in [2.24, 2.45) is 5.92 Å². The van der Waals surface area contributed by atoms with Gasteiger partial charge >= 0.3 is 205 Å². The summed E-state index contributed by atoms with van der Waals surface area (Å²) in [6.07, 6.45) is 14.1. The number of nitrogens with zero attached hydrogens (tertiary/aromatic N) is 2. The number of hydrogen-bond donors (Lipinski definition) is 1. The quantitative estimate of drug-likeness (QED) is 0.248. The van der Waals surface area contributed by atoms with Gasteiger partial charge in [-0.05, 0) is 0 Å². The van der Waals surface area contributed by atoms with E-state index in [1.54, 1.807) is 0 Å². The number of allylic oxidation sites excluding steroid dienone is 2. The third-order valence-corrected chi connectivity index (χ3v) is 10.1. The summed E-state index contributed by atoms with van der Waals surface area (Å²) in [7, 11) is 0. The van der Waals surface area contributed by atoms with E-state index in [1.807, 2.05) is 6.20 Å². The summed E-state index contributed by atoms with van der Waals surface area (Å²) in [5.74, 6) is 0.675. The molecule has 4 heterocycles. The van der Waals surface area contributed by atoms with Crippen LogP contribution in [0.15, 0.2) is 60.9 Å². The van der Waals surface area contributed by atoms with E-state index in [0.717, 1.165) is 45.3 Å². The number of aromatic nitrogens is 1. The van der Waals surface area contributed by atoms with Crippen molar-refractivity contribution in [1.29, 1.82) is 0 Å². The molecule has 1 N–H and O–H groups in total. The summed E-state index contributed by atoms with van der Waals surface area (Å²) < 4.78 is 14.5. The molecule has 6 atom stereocenters. The van der Waals surface area contributed by atoms with Gasteiger partial charge < -0.3 is 5.11 Å². The number of piperidine rings is 1. The fraction of sp³-hybridized carbons (Fsp3) is 0.552. The molecule has 4 aliphatic rings. The third kappa shape index (κ3) is 5.29. The Hall–Kier alpha value is -1.53. The Kier molecular flexibility index (Phi) is 8.72. The Morgan fingerprint density at radius 2 is 2.00 bits per heavy atom. The Morgan fingerprint density at radius 3 is 2.83 bits per heavy atom. The predicted molar refractivity (Wildman–Crippen MR) is 140 cm³/mol. The van der Waals surface area contributed by atoms with Crippen LogP contribution in [-0.2, 0) is 9.47 Å². The number of rotatable bonds is 12. The van der Waals surface area contributed by atoms with E-state index >= 15 is 0 Å². The van der Waals surface area contributed by atoms with Gasteiger partial charge in [-0.15, -0.1) is 0 Å². The van der Waals surface area contributed by atoms with E-state index in [-0.39, 0.29) is 24.9 Å². The Balaban J connectivity index is 1.37. The molecule has 188 valence electrons. The van der Waals surface area contributed by atoms with Gasteiger partial charge in [-0.2, -0.15) is 0 Å². The molecule has 2 saturated heterocycles. The zero-order valence-electron chi connectivity index (χ0n) is 20.7. The van der Waals surface area contributed by atoms with Crippen LogP contribution in [0.1, 0.15) is 62.1 Å². The fourth-order valence-electron chi connectivity index (χ4n) is 6.27. The Labute approximate surface area is 216 Å². The molecule has 1 aromatic heterocycles. The molecule has 2 bridgehead atoms. The number of aliphatic hydroxyl groups is 1. The van der Waals surface area contributed by atoms with E-state index in [2.05, 4.69) is 71.6 Å². The maximum absolute atomic E-state index is 9.00. The van der Waals surface area contributed by atoms with Crippen LogP contribution in [0, 0.1) is 5.92 Å². The summed E-state index contributed by atoms with van der Waals surface area (Å²) in [6.45, 7) is 3.94. The first kappa shape index (κ1) is 25.1. The van der Waals surface area contributed by atoms with Crippen LogP contribution in [0.5, 0.6) is 0 Å². The van der Waals surface area contributed by atoms with Crippen LogP contribution < -0.4 is 4.46 Å². The van der Waals surface area contributed by atoms with Gasteiger partial charge in [0.1, 0.15) is 0 Å². The Morgan fingerprint density at radius 1 is 1.14 bits per heavy atom. The predicted octanol–water partition coefficient (Wildman–Crippen LogP) is 4.23. The number of benzene rings is 1. The summed E-state index contributed by atoms with van der Waals surface area (Å²) in [6, 6.07) is 13.9. The summed E-state index contributed by atoms with van der Waals surface area (Å²) in [5.41, 5.74) is 2.78. The second kappa shape index (κ2) is 12.1. The van der Waals surface area contributed by atoms with Gasteiger partial charge in [-0.1, -0.05) is 0 Å². The van der Waals surface area contributed by atoms with Gasteiger partial charge in [0.15, 0.2) is 0 Å². The third-order valence-electron chi connectivity index (χ3n) is 7.71. The average Bonchev–Trinajstić information content (AvgIpc) is 3.33. The number of hydrogen-bond acceptors (Lipinski definition) is 5. The van der Waals surface area contributed by atoms with Gasteiger partial charge in [-0.3, -0.25) is 0 Å². The number of pyridine rings is 1. The molecule has 2 fully saturated rings. The van der Waals surface area contributed by atoms with Gasteiger partial charge in [0.05, 0.1) is 0 Å². The van der Waals surface area contributed by atoms with E-state index in [0.29, 0.717) is 33.0 Å². The molecule has 3 aliphatic heterocycles. The second-order valence-corrected chi connectivity index (χ2v) is 12.1. The molecule has 0 radical (unpaired) electrons. The van der Waals surface area contributed by atoms with Crippen molar-refractivity contribution in [3.63, 3.8) is 0 Å². The summed E-state index contributed by atoms with van der Waals surface area (Å²) >= 11 is 0.435. The van der Waals surface area contributed by atoms with Crippen molar-refractivity contribution in [3.8, 4) is 0 Å². The number of fused-ring (bicyclic) bond motifs is 1. The molecule has 1 aromatic carbocycles. The van der Waals surface area contributed by atoms with Crippen LogP contribution >= 0.6 is 0 Å². The molecule has 2 aromatic rings. The summed E-state index contributed by atoms with van der Waals surface area (Å²) in [5, 5.41) is 10.2. The van der Waals surface area contributed by atoms with E-state index in [4.69, 9.17) is 14.6 Å². The molecular weight excluding hydrogens is 503 g/mol. The molecular formula is C29H38N2O3Se. The molecule has 6 rings (SSSR count). The molecule has 0 saturated carbocycles. The molecule has 6 heteroatoms. The zero-order chi connectivity index (χ0) is 24.0. The summed E-state index contributed by atoms with van der Waals surface area (Å²) in [4.78, 5) is 7.27. The second-order valence-electron chi connectivity index (χ2n) is 9.78. The number of ether oxygens (including phenoxy) is 2. The fourth-order valence-corrected chi connectivity index (χ4v) is 8.37.